The molecule has 0 aromatic heterocycles. The van der Waals surface area contributed by atoms with Crippen LogP contribution >= 0.6 is 22.6 Å². The van der Waals surface area contributed by atoms with Crippen LogP contribution in [-0.4, -0.2) is 24.8 Å². The topological polar surface area (TPSA) is 26.3 Å². The van der Waals surface area contributed by atoms with Gasteiger partial charge < -0.3 is 0 Å². The van der Waals surface area contributed by atoms with Crippen molar-refractivity contribution in [3.63, 3.8) is 0 Å². The molecule has 0 N–H and O–H groups in total. The van der Waals surface area contributed by atoms with E-state index in [0.717, 1.165) is 9.13 Å². The number of halogens is 1. The van der Waals surface area contributed by atoms with Crippen molar-refractivity contribution >= 4 is 47.4 Å². The van der Waals surface area contributed by atoms with E-state index in [0.29, 0.717) is 0 Å². The Morgan fingerprint density at radius 2 is 1.43 bits per heavy atom. The predicted octanol–water partition coefficient (Wildman–Crippen LogP) is 6.79. The van der Waals surface area contributed by atoms with Gasteiger partial charge in [0, 0.05) is 0 Å². The fourth-order valence-corrected chi connectivity index (χ4v) is 16.5. The number of rotatable bonds is 11. The molecular weight excluding hydrogens is 506 g/mol. The van der Waals surface area contributed by atoms with Crippen molar-refractivity contribution in [2.24, 2.45) is 0 Å². The Labute approximate surface area is 160 Å². The molecule has 0 saturated carbocycles. The van der Waals surface area contributed by atoms with E-state index < -0.39 is 18.8 Å². The van der Waals surface area contributed by atoms with E-state index in [1.54, 1.807) is 0 Å². The molecule has 0 saturated heterocycles. The van der Waals surface area contributed by atoms with E-state index in [-0.39, 0.29) is 5.97 Å². The number of unbranched alkanes of at least 4 members (excludes halogenated alkanes) is 3. The van der Waals surface area contributed by atoms with E-state index in [1.807, 2.05) is 24.3 Å². The van der Waals surface area contributed by atoms with E-state index in [1.165, 1.54) is 51.8 Å². The molecule has 1 rings (SSSR count). The SMILES string of the molecule is CCC[CH2][Sn]([CH2]CCC)([CH2]CCC)[O]C(=O)c1ccccc1I. The van der Waals surface area contributed by atoms with Gasteiger partial charge in [-0.2, -0.15) is 0 Å². The van der Waals surface area contributed by atoms with Crippen LogP contribution in [0.1, 0.15) is 69.7 Å². The van der Waals surface area contributed by atoms with E-state index in [2.05, 4.69) is 43.4 Å². The van der Waals surface area contributed by atoms with Crippen LogP contribution in [0.4, 0.5) is 0 Å². The Hall–Kier alpha value is 0.219. The second kappa shape index (κ2) is 11.7. The van der Waals surface area contributed by atoms with Crippen LogP contribution in [0.3, 0.4) is 0 Å². The first-order chi connectivity index (χ1) is 11.1. The molecule has 0 fully saturated rings. The van der Waals surface area contributed by atoms with Crippen LogP contribution in [0.5, 0.6) is 0 Å². The van der Waals surface area contributed by atoms with Gasteiger partial charge in [0.25, 0.3) is 0 Å². The molecular formula is C19H31IO2Sn. The van der Waals surface area contributed by atoms with Crippen LogP contribution in [0, 0.1) is 3.57 Å². The van der Waals surface area contributed by atoms with Crippen LogP contribution in [0.2, 0.25) is 13.3 Å². The van der Waals surface area contributed by atoms with Crippen molar-refractivity contribution in [2.45, 2.75) is 72.6 Å². The summed E-state index contributed by atoms with van der Waals surface area (Å²) in [6.45, 7) is 6.70. The van der Waals surface area contributed by atoms with Gasteiger partial charge >= 0.3 is 161 Å². The van der Waals surface area contributed by atoms with Gasteiger partial charge in [-0.3, -0.25) is 0 Å². The molecule has 2 nitrogen and oxygen atoms in total. The average molecular weight is 537 g/mol. The van der Waals surface area contributed by atoms with Crippen molar-refractivity contribution in [3.8, 4) is 0 Å². The minimum atomic E-state index is -2.85. The molecule has 0 bridgehead atoms. The minimum absolute atomic E-state index is 0.0610. The molecule has 1 aromatic carbocycles. The molecule has 0 atom stereocenters. The molecule has 0 aliphatic heterocycles. The third-order valence-corrected chi connectivity index (χ3v) is 17.9. The van der Waals surface area contributed by atoms with Crippen molar-refractivity contribution in [1.82, 2.24) is 0 Å². The predicted molar refractivity (Wildman–Crippen MR) is 109 cm³/mol. The standard InChI is InChI=1S/C7H5IO2.3C4H9.Sn/c8-6-4-2-1-3-5(6)7(9)10;3*1-3-4-2;/h1-4H,(H,9,10);3*1,3-4H2,2H3;/q;;;;+1/p-1. The summed E-state index contributed by atoms with van der Waals surface area (Å²) in [5.74, 6) is -0.0610. The summed E-state index contributed by atoms with van der Waals surface area (Å²) >= 11 is -0.615. The van der Waals surface area contributed by atoms with Gasteiger partial charge in [0.2, 0.25) is 0 Å². The monoisotopic (exact) mass is 538 g/mol. The molecule has 130 valence electrons. The summed E-state index contributed by atoms with van der Waals surface area (Å²) in [4.78, 5) is 12.8. The van der Waals surface area contributed by atoms with Gasteiger partial charge in [-0.15, -0.1) is 0 Å². The summed E-state index contributed by atoms with van der Waals surface area (Å²) in [5.41, 5.74) is 0.749. The number of carbonyl (C=O) groups excluding carboxylic acids is 1. The first-order valence-electron chi connectivity index (χ1n) is 9.06. The molecule has 0 aliphatic rings. The molecule has 1 aromatic rings. The van der Waals surface area contributed by atoms with Gasteiger partial charge in [0.1, 0.15) is 0 Å². The molecule has 0 unspecified atom stereocenters. The first-order valence-corrected chi connectivity index (χ1v) is 17.4. The summed E-state index contributed by atoms with van der Waals surface area (Å²) < 4.78 is 11.0. The molecule has 4 heteroatoms. The van der Waals surface area contributed by atoms with Crippen LogP contribution in [0.25, 0.3) is 0 Å². The number of benzene rings is 1. The maximum atomic E-state index is 12.8. The Morgan fingerprint density at radius 3 is 1.87 bits per heavy atom. The summed E-state index contributed by atoms with van der Waals surface area (Å²) in [6.07, 6.45) is 7.21. The summed E-state index contributed by atoms with van der Waals surface area (Å²) in [6, 6.07) is 7.79. The molecule has 0 radical (unpaired) electrons. The van der Waals surface area contributed by atoms with E-state index in [9.17, 15) is 4.79 Å². The van der Waals surface area contributed by atoms with Crippen molar-refractivity contribution in [3.05, 3.63) is 33.4 Å². The normalized spacial score (nSPS) is 11.5. The second-order valence-corrected chi connectivity index (χ2v) is 19.1. The zero-order chi connectivity index (χ0) is 17.1. The maximum absolute atomic E-state index is 12.8. The van der Waals surface area contributed by atoms with Crippen LogP contribution in [0.15, 0.2) is 24.3 Å². The fraction of sp³-hybridized carbons (Fsp3) is 0.632. The zero-order valence-corrected chi connectivity index (χ0v) is 19.9. The Kier molecular flexibility index (Phi) is 10.8. The third kappa shape index (κ3) is 7.32. The first kappa shape index (κ1) is 21.3. The Balaban J connectivity index is 2.95. The van der Waals surface area contributed by atoms with E-state index in [4.69, 9.17) is 3.07 Å². The van der Waals surface area contributed by atoms with Crippen molar-refractivity contribution < 1.29 is 7.87 Å². The summed E-state index contributed by atoms with van der Waals surface area (Å²) in [7, 11) is 0. The van der Waals surface area contributed by atoms with Crippen LogP contribution in [-0.2, 0) is 3.07 Å². The number of carbonyl (C=O) groups is 1. The molecule has 0 heterocycles. The number of hydrogen-bond acceptors (Lipinski definition) is 2. The van der Waals surface area contributed by atoms with Gasteiger partial charge in [0.05, 0.1) is 0 Å². The van der Waals surface area contributed by atoms with Gasteiger partial charge in [-0.1, -0.05) is 0 Å². The van der Waals surface area contributed by atoms with Gasteiger partial charge in [0.15, 0.2) is 0 Å². The van der Waals surface area contributed by atoms with Gasteiger partial charge in [-0.25, -0.2) is 0 Å². The summed E-state index contributed by atoms with van der Waals surface area (Å²) in [5, 5.41) is 0. The van der Waals surface area contributed by atoms with Crippen molar-refractivity contribution in [1.29, 1.82) is 0 Å². The zero-order valence-electron chi connectivity index (χ0n) is 14.9. The average Bonchev–Trinajstić information content (AvgIpc) is 2.56. The van der Waals surface area contributed by atoms with Crippen molar-refractivity contribution in [2.75, 3.05) is 0 Å². The Morgan fingerprint density at radius 1 is 0.957 bits per heavy atom. The third-order valence-electron chi connectivity index (χ3n) is 4.36. The molecule has 23 heavy (non-hydrogen) atoms. The van der Waals surface area contributed by atoms with E-state index >= 15 is 0 Å². The quantitative estimate of drug-likeness (QED) is 0.230. The molecule has 0 aliphatic carbocycles. The number of hydrogen-bond donors (Lipinski definition) is 0. The Bertz CT molecular complexity index is 454. The molecule has 0 spiro atoms. The van der Waals surface area contributed by atoms with Gasteiger partial charge in [-0.05, 0) is 0 Å². The van der Waals surface area contributed by atoms with Crippen LogP contribution < -0.4 is 0 Å². The second-order valence-electron chi connectivity index (χ2n) is 6.36. The molecule has 0 amide bonds. The fourth-order valence-electron chi connectivity index (χ4n) is 2.90.